The lowest BCUT2D eigenvalue weighted by atomic mass is 10.1. The van der Waals surface area contributed by atoms with Crippen LogP contribution in [0.2, 0.25) is 0 Å². The minimum atomic E-state index is -4.80. The van der Waals surface area contributed by atoms with Crippen LogP contribution in [0.1, 0.15) is 32.3 Å². The van der Waals surface area contributed by atoms with Gasteiger partial charge in [-0.15, -0.1) is 13.2 Å². The third-order valence-corrected chi connectivity index (χ3v) is 3.23. The van der Waals surface area contributed by atoms with Crippen molar-refractivity contribution in [3.8, 4) is 5.75 Å². The number of alkyl halides is 3. The first-order valence-corrected chi connectivity index (χ1v) is 7.55. The number of ether oxygens (including phenoxy) is 1. The zero-order valence-electron chi connectivity index (χ0n) is 14.1. The van der Waals surface area contributed by atoms with Gasteiger partial charge in [-0.05, 0) is 45.0 Å². The van der Waals surface area contributed by atoms with E-state index in [2.05, 4.69) is 16.3 Å². The van der Waals surface area contributed by atoms with Gasteiger partial charge in [-0.2, -0.15) is 0 Å². The third kappa shape index (κ3) is 7.59. The SMILES string of the molecule is C=C(C)N=C(CC)CCN(C)Cc1cc(OC(F)(F)F)ccc1F. The summed E-state index contributed by atoms with van der Waals surface area (Å²) in [6.07, 6.45) is -3.33. The second-order valence-corrected chi connectivity index (χ2v) is 5.56. The molecule has 1 aromatic carbocycles. The van der Waals surface area contributed by atoms with Gasteiger partial charge in [0, 0.05) is 30.1 Å². The number of rotatable bonds is 8. The summed E-state index contributed by atoms with van der Waals surface area (Å²) in [7, 11) is 1.77. The Kier molecular flexibility index (Phi) is 7.41. The Balaban J connectivity index is 2.71. The predicted molar refractivity (Wildman–Crippen MR) is 86.6 cm³/mol. The van der Waals surface area contributed by atoms with Gasteiger partial charge < -0.3 is 9.64 Å². The number of hydrogen-bond donors (Lipinski definition) is 0. The smallest absolute Gasteiger partial charge is 0.406 e. The molecule has 0 aliphatic carbocycles. The summed E-state index contributed by atoms with van der Waals surface area (Å²) in [6.45, 7) is 8.30. The quantitative estimate of drug-likeness (QED) is 0.492. The van der Waals surface area contributed by atoms with Crippen molar-refractivity contribution < 1.29 is 22.3 Å². The molecule has 0 radical (unpaired) electrons. The van der Waals surface area contributed by atoms with E-state index in [1.807, 2.05) is 11.8 Å². The minimum Gasteiger partial charge on any atom is -0.406 e. The molecule has 0 heterocycles. The fourth-order valence-electron chi connectivity index (χ4n) is 2.14. The first-order valence-electron chi connectivity index (χ1n) is 7.55. The van der Waals surface area contributed by atoms with E-state index in [1.54, 1.807) is 14.0 Å². The highest BCUT2D eigenvalue weighted by Crippen LogP contribution is 2.25. The Bertz CT molecular complexity index is 597. The molecule has 0 aromatic heterocycles. The molecule has 0 atom stereocenters. The number of hydrogen-bond acceptors (Lipinski definition) is 3. The number of benzene rings is 1. The van der Waals surface area contributed by atoms with E-state index in [4.69, 9.17) is 0 Å². The molecule has 3 nitrogen and oxygen atoms in total. The van der Waals surface area contributed by atoms with Crippen molar-refractivity contribution in [2.24, 2.45) is 4.99 Å². The second kappa shape index (κ2) is 8.82. The average Bonchev–Trinajstić information content (AvgIpc) is 2.45. The van der Waals surface area contributed by atoms with Crippen LogP contribution in [0.4, 0.5) is 17.6 Å². The van der Waals surface area contributed by atoms with Crippen LogP contribution in [0.5, 0.6) is 5.75 Å². The highest BCUT2D eigenvalue weighted by atomic mass is 19.4. The van der Waals surface area contributed by atoms with Crippen LogP contribution in [0, 0.1) is 5.82 Å². The normalized spacial score (nSPS) is 12.6. The van der Waals surface area contributed by atoms with E-state index >= 15 is 0 Å². The molecular formula is C17H22F4N2O. The molecule has 0 aliphatic rings. The molecule has 0 saturated carbocycles. The van der Waals surface area contributed by atoms with Gasteiger partial charge in [0.15, 0.2) is 0 Å². The Morgan fingerprint density at radius 1 is 1.33 bits per heavy atom. The lowest BCUT2D eigenvalue weighted by Gasteiger charge is -2.18. The Morgan fingerprint density at radius 2 is 2.00 bits per heavy atom. The van der Waals surface area contributed by atoms with E-state index < -0.39 is 17.9 Å². The molecule has 24 heavy (non-hydrogen) atoms. The number of nitrogens with zero attached hydrogens (tertiary/aromatic N) is 2. The van der Waals surface area contributed by atoms with Crippen LogP contribution in [-0.4, -0.2) is 30.6 Å². The number of aliphatic imine (C=N–C) groups is 1. The summed E-state index contributed by atoms with van der Waals surface area (Å²) in [4.78, 5) is 6.14. The first kappa shape index (κ1) is 20.2. The molecule has 134 valence electrons. The number of halogens is 4. The summed E-state index contributed by atoms with van der Waals surface area (Å²) < 4.78 is 54.4. The average molecular weight is 346 g/mol. The molecule has 0 amide bonds. The van der Waals surface area contributed by atoms with Crippen LogP contribution in [-0.2, 0) is 6.54 Å². The lowest BCUT2D eigenvalue weighted by molar-refractivity contribution is -0.274. The van der Waals surface area contributed by atoms with Crippen molar-refractivity contribution in [3.63, 3.8) is 0 Å². The summed E-state index contributed by atoms with van der Waals surface area (Å²) in [6, 6.07) is 3.01. The molecule has 0 aliphatic heterocycles. The summed E-state index contributed by atoms with van der Waals surface area (Å²) in [5.41, 5.74) is 1.84. The Hall–Kier alpha value is -1.89. The maximum atomic E-state index is 13.8. The lowest BCUT2D eigenvalue weighted by Crippen LogP contribution is -2.22. The van der Waals surface area contributed by atoms with Gasteiger partial charge in [-0.1, -0.05) is 13.5 Å². The van der Waals surface area contributed by atoms with Crippen molar-refractivity contribution in [2.45, 2.75) is 39.6 Å². The van der Waals surface area contributed by atoms with Gasteiger partial charge in [0.2, 0.25) is 0 Å². The predicted octanol–water partition coefficient (Wildman–Crippen LogP) is 4.93. The molecule has 0 saturated heterocycles. The molecule has 0 unspecified atom stereocenters. The van der Waals surface area contributed by atoms with Gasteiger partial charge in [0.25, 0.3) is 0 Å². The van der Waals surface area contributed by atoms with Gasteiger partial charge in [-0.3, -0.25) is 4.99 Å². The van der Waals surface area contributed by atoms with Crippen LogP contribution in [0.3, 0.4) is 0 Å². The van der Waals surface area contributed by atoms with Crippen LogP contribution in [0.15, 0.2) is 35.5 Å². The Morgan fingerprint density at radius 3 is 2.54 bits per heavy atom. The molecule has 7 heteroatoms. The number of allylic oxidation sites excluding steroid dienone is 1. The fourth-order valence-corrected chi connectivity index (χ4v) is 2.14. The highest BCUT2D eigenvalue weighted by Gasteiger charge is 2.31. The van der Waals surface area contributed by atoms with Gasteiger partial charge in [-0.25, -0.2) is 4.39 Å². The molecule has 0 N–H and O–H groups in total. The molecule has 1 aromatic rings. The van der Waals surface area contributed by atoms with Gasteiger partial charge >= 0.3 is 6.36 Å². The van der Waals surface area contributed by atoms with E-state index in [9.17, 15) is 17.6 Å². The largest absolute Gasteiger partial charge is 0.573 e. The zero-order valence-corrected chi connectivity index (χ0v) is 14.1. The molecule has 0 fully saturated rings. The third-order valence-electron chi connectivity index (χ3n) is 3.23. The molecular weight excluding hydrogens is 324 g/mol. The topological polar surface area (TPSA) is 24.8 Å². The van der Waals surface area contributed by atoms with Crippen LogP contribution < -0.4 is 4.74 Å². The van der Waals surface area contributed by atoms with Crippen molar-refractivity contribution in [3.05, 3.63) is 41.9 Å². The standard InChI is InChI=1S/C17H22F4N2O/c1-5-14(22-12(2)3)8-9-23(4)11-13-10-15(6-7-16(13)18)24-17(19,20)21/h6-7,10H,2,5,8-9,11H2,1,3-4H3. The Labute approximate surface area is 139 Å². The summed E-state index contributed by atoms with van der Waals surface area (Å²) in [5.74, 6) is -0.993. The fraction of sp³-hybridized carbons (Fsp3) is 0.471. The summed E-state index contributed by atoms with van der Waals surface area (Å²) in [5, 5.41) is 0. The zero-order chi connectivity index (χ0) is 18.3. The van der Waals surface area contributed by atoms with Crippen molar-refractivity contribution >= 4 is 5.71 Å². The maximum absolute atomic E-state index is 13.8. The maximum Gasteiger partial charge on any atom is 0.573 e. The monoisotopic (exact) mass is 346 g/mol. The van der Waals surface area contributed by atoms with Crippen molar-refractivity contribution in [1.82, 2.24) is 4.90 Å². The molecule has 0 spiro atoms. The first-order chi connectivity index (χ1) is 11.1. The molecule has 1 rings (SSSR count). The van der Waals surface area contributed by atoms with E-state index in [0.29, 0.717) is 13.0 Å². The van der Waals surface area contributed by atoms with Crippen LogP contribution in [0.25, 0.3) is 0 Å². The van der Waals surface area contributed by atoms with E-state index in [0.717, 1.165) is 36.0 Å². The highest BCUT2D eigenvalue weighted by molar-refractivity contribution is 5.85. The van der Waals surface area contributed by atoms with Gasteiger partial charge in [0.05, 0.1) is 0 Å². The van der Waals surface area contributed by atoms with Crippen molar-refractivity contribution in [2.75, 3.05) is 13.6 Å². The van der Waals surface area contributed by atoms with Gasteiger partial charge in [0.1, 0.15) is 11.6 Å². The second-order valence-electron chi connectivity index (χ2n) is 5.56. The van der Waals surface area contributed by atoms with E-state index in [-0.39, 0.29) is 12.1 Å². The summed E-state index contributed by atoms with van der Waals surface area (Å²) >= 11 is 0. The minimum absolute atomic E-state index is 0.147. The van der Waals surface area contributed by atoms with Crippen molar-refractivity contribution in [1.29, 1.82) is 0 Å². The van der Waals surface area contributed by atoms with E-state index in [1.165, 1.54) is 0 Å². The van der Waals surface area contributed by atoms with Crippen LogP contribution >= 0.6 is 0 Å². The molecule has 0 bridgehead atoms.